The van der Waals surface area contributed by atoms with Crippen LogP contribution >= 0.6 is 0 Å². The minimum atomic E-state index is -0.0562. The second-order valence-corrected chi connectivity index (χ2v) is 9.52. The van der Waals surface area contributed by atoms with E-state index in [0.29, 0.717) is 12.4 Å². The highest BCUT2D eigenvalue weighted by molar-refractivity contribution is 5.82. The Balaban J connectivity index is 1.44. The van der Waals surface area contributed by atoms with E-state index in [1.807, 2.05) is 53.4 Å². The van der Waals surface area contributed by atoms with E-state index >= 15 is 0 Å². The number of aromatic amines is 1. The number of nitrogens with one attached hydrogen (secondary N) is 1. The molecule has 1 fully saturated rings. The molecule has 0 aliphatic heterocycles. The number of unbranched alkanes of at least 4 members (excludes halogenated alkanes) is 1. The van der Waals surface area contributed by atoms with Crippen molar-refractivity contribution >= 4 is 5.78 Å². The third-order valence-electron chi connectivity index (χ3n) is 7.23. The Morgan fingerprint density at radius 1 is 1.11 bits per heavy atom. The summed E-state index contributed by atoms with van der Waals surface area (Å²) in [6.45, 7) is 6.26. The van der Waals surface area contributed by atoms with E-state index < -0.39 is 0 Å². The Bertz CT molecular complexity index is 1400. The van der Waals surface area contributed by atoms with Crippen molar-refractivity contribution in [2.75, 3.05) is 0 Å². The summed E-state index contributed by atoms with van der Waals surface area (Å²) < 4.78 is 3.63. The molecule has 0 spiro atoms. The number of hydrogen-bond donors (Lipinski definition) is 1. The zero-order valence-corrected chi connectivity index (χ0v) is 20.9. The zero-order valence-electron chi connectivity index (χ0n) is 20.9. The molecule has 9 nitrogen and oxygen atoms in total. The Hall–Kier alpha value is -3.88. The molecule has 1 N–H and O–H groups in total. The molecule has 3 heterocycles. The minimum absolute atomic E-state index is 0.0291. The van der Waals surface area contributed by atoms with Crippen LogP contribution in [-0.4, -0.2) is 40.5 Å². The van der Waals surface area contributed by atoms with E-state index in [9.17, 15) is 9.59 Å². The molecular weight excluding hydrogens is 454 g/mol. The van der Waals surface area contributed by atoms with Gasteiger partial charge in [-0.25, -0.2) is 4.79 Å². The van der Waals surface area contributed by atoms with Crippen LogP contribution in [0.3, 0.4) is 0 Å². The van der Waals surface area contributed by atoms with E-state index in [1.165, 1.54) is 0 Å². The van der Waals surface area contributed by atoms with Gasteiger partial charge in [-0.3, -0.25) is 18.9 Å². The lowest BCUT2D eigenvalue weighted by molar-refractivity contribution is -0.118. The molecule has 1 aliphatic rings. The Morgan fingerprint density at radius 2 is 1.92 bits per heavy atom. The van der Waals surface area contributed by atoms with Crippen LogP contribution in [0.1, 0.15) is 57.5 Å². The standard InChI is InChI=1S/C27H31N7O2/c1-4-6-9-20-16-34(25-21(5-2)24(25)17(3)35)27(36)33(20)15-19-13-12-18(14-28-19)22-10-7-8-11-23(22)26-29-31-32-30-26/h7-8,10-14,16,21,24-25H,4-6,9,15H2,1-3H3,(H,29,30,31,32). The van der Waals surface area contributed by atoms with Crippen LogP contribution in [0.15, 0.2) is 53.6 Å². The molecule has 0 amide bonds. The summed E-state index contributed by atoms with van der Waals surface area (Å²) in [6, 6.07) is 11.8. The molecule has 1 aromatic carbocycles. The summed E-state index contributed by atoms with van der Waals surface area (Å²) in [5.74, 6) is 0.878. The third-order valence-corrected chi connectivity index (χ3v) is 7.23. The summed E-state index contributed by atoms with van der Waals surface area (Å²) in [6.07, 6.45) is 7.56. The number of carbonyl (C=O) groups excluding carboxylic acids is 1. The Labute approximate surface area is 209 Å². The van der Waals surface area contributed by atoms with Crippen molar-refractivity contribution in [3.63, 3.8) is 0 Å². The number of pyridine rings is 1. The van der Waals surface area contributed by atoms with Gasteiger partial charge >= 0.3 is 5.69 Å². The number of ketones is 1. The van der Waals surface area contributed by atoms with Crippen molar-refractivity contribution in [1.82, 2.24) is 34.7 Å². The molecule has 1 saturated carbocycles. The number of imidazole rings is 1. The first-order valence-corrected chi connectivity index (χ1v) is 12.6. The van der Waals surface area contributed by atoms with Crippen LogP contribution in [0, 0.1) is 11.8 Å². The quantitative estimate of drug-likeness (QED) is 0.362. The Kier molecular flexibility index (Phi) is 6.63. The number of tetrazole rings is 1. The van der Waals surface area contributed by atoms with Crippen molar-refractivity contribution in [2.45, 2.75) is 59.0 Å². The molecular formula is C27H31N7O2. The van der Waals surface area contributed by atoms with Gasteiger partial charge in [0.1, 0.15) is 5.78 Å². The highest BCUT2D eigenvalue weighted by Crippen LogP contribution is 2.52. The van der Waals surface area contributed by atoms with Gasteiger partial charge in [0.2, 0.25) is 5.82 Å². The van der Waals surface area contributed by atoms with Crippen LogP contribution < -0.4 is 5.69 Å². The first-order valence-electron chi connectivity index (χ1n) is 12.6. The van der Waals surface area contributed by atoms with Crippen molar-refractivity contribution < 1.29 is 4.79 Å². The van der Waals surface area contributed by atoms with Crippen LogP contribution in [0.5, 0.6) is 0 Å². The molecule has 0 bridgehead atoms. The van der Waals surface area contributed by atoms with E-state index in [2.05, 4.69) is 34.5 Å². The number of hydrogen-bond acceptors (Lipinski definition) is 6. The van der Waals surface area contributed by atoms with Crippen LogP contribution in [0.2, 0.25) is 0 Å². The van der Waals surface area contributed by atoms with Gasteiger partial charge in [-0.2, -0.15) is 5.21 Å². The Morgan fingerprint density at radius 3 is 2.53 bits per heavy atom. The summed E-state index contributed by atoms with van der Waals surface area (Å²) in [5.41, 5.74) is 4.51. The van der Waals surface area contributed by atoms with Gasteiger partial charge in [0.05, 0.1) is 18.3 Å². The zero-order chi connectivity index (χ0) is 25.2. The molecule has 186 valence electrons. The molecule has 0 saturated heterocycles. The number of aryl methyl sites for hydroxylation is 1. The molecule has 9 heteroatoms. The molecule has 5 rings (SSSR count). The molecule has 3 unspecified atom stereocenters. The minimum Gasteiger partial charge on any atom is -0.300 e. The fourth-order valence-electron chi connectivity index (χ4n) is 5.31. The summed E-state index contributed by atoms with van der Waals surface area (Å²) >= 11 is 0. The molecule has 0 radical (unpaired) electrons. The van der Waals surface area contributed by atoms with Crippen LogP contribution in [0.4, 0.5) is 0 Å². The van der Waals surface area contributed by atoms with Gasteiger partial charge < -0.3 is 0 Å². The van der Waals surface area contributed by atoms with Gasteiger partial charge in [-0.15, -0.1) is 10.2 Å². The van der Waals surface area contributed by atoms with Gasteiger partial charge in [0, 0.05) is 35.1 Å². The highest BCUT2D eigenvalue weighted by atomic mass is 16.2. The predicted octanol–water partition coefficient (Wildman–Crippen LogP) is 4.07. The van der Waals surface area contributed by atoms with Crippen LogP contribution in [0.25, 0.3) is 22.5 Å². The summed E-state index contributed by atoms with van der Waals surface area (Å²) in [7, 11) is 0. The SMILES string of the molecule is CCCCc1cn(C2C(CC)C2C(C)=O)c(=O)n1Cc1ccc(-c2ccccc2-c2nn[nH]n2)cn1. The first kappa shape index (κ1) is 23.8. The monoisotopic (exact) mass is 485 g/mol. The lowest BCUT2D eigenvalue weighted by atomic mass is 10.0. The fourth-order valence-corrected chi connectivity index (χ4v) is 5.31. The van der Waals surface area contributed by atoms with E-state index in [-0.39, 0.29) is 29.4 Å². The average Bonchev–Trinajstić information content (AvgIpc) is 3.21. The van der Waals surface area contributed by atoms with Crippen LogP contribution in [-0.2, 0) is 17.8 Å². The maximum absolute atomic E-state index is 13.5. The molecule has 1 aliphatic carbocycles. The van der Waals surface area contributed by atoms with Crippen molar-refractivity contribution in [2.24, 2.45) is 11.8 Å². The topological polar surface area (TPSA) is 111 Å². The van der Waals surface area contributed by atoms with E-state index in [0.717, 1.165) is 53.8 Å². The average molecular weight is 486 g/mol. The number of Topliss-reactive ketones (excluding diaryl/α,β-unsaturated/α-hetero) is 1. The smallest absolute Gasteiger partial charge is 0.300 e. The van der Waals surface area contributed by atoms with E-state index in [1.54, 1.807) is 11.5 Å². The van der Waals surface area contributed by atoms with Crippen molar-refractivity contribution in [1.29, 1.82) is 0 Å². The normalized spacial score (nSPS) is 18.9. The second-order valence-electron chi connectivity index (χ2n) is 9.52. The molecule has 36 heavy (non-hydrogen) atoms. The number of nitrogens with zero attached hydrogens (tertiary/aromatic N) is 6. The number of aromatic nitrogens is 7. The molecule has 4 aromatic rings. The van der Waals surface area contributed by atoms with Gasteiger partial charge in [-0.1, -0.05) is 57.0 Å². The lowest BCUT2D eigenvalue weighted by Crippen LogP contribution is -2.26. The number of rotatable bonds is 10. The first-order chi connectivity index (χ1) is 17.5. The summed E-state index contributed by atoms with van der Waals surface area (Å²) in [5, 5.41) is 14.4. The maximum atomic E-state index is 13.5. The second kappa shape index (κ2) is 10.0. The van der Waals surface area contributed by atoms with Gasteiger partial charge in [0.15, 0.2) is 0 Å². The summed E-state index contributed by atoms with van der Waals surface area (Å²) in [4.78, 5) is 30.3. The van der Waals surface area contributed by atoms with E-state index in [4.69, 9.17) is 4.98 Å². The van der Waals surface area contributed by atoms with Gasteiger partial charge in [0.25, 0.3) is 0 Å². The highest BCUT2D eigenvalue weighted by Gasteiger charge is 2.53. The number of H-pyrrole nitrogens is 1. The largest absolute Gasteiger partial charge is 0.328 e. The number of benzene rings is 1. The molecule has 3 atom stereocenters. The van der Waals surface area contributed by atoms with Crippen molar-refractivity contribution in [3.8, 4) is 22.5 Å². The number of carbonyl (C=O) groups is 1. The van der Waals surface area contributed by atoms with Gasteiger partial charge in [-0.05, 0) is 42.5 Å². The maximum Gasteiger partial charge on any atom is 0.328 e. The molecule has 3 aromatic heterocycles. The fraction of sp³-hybridized carbons (Fsp3) is 0.407. The third kappa shape index (κ3) is 4.41. The lowest BCUT2D eigenvalue weighted by Gasteiger charge is -2.09. The van der Waals surface area contributed by atoms with Crippen molar-refractivity contribution in [3.05, 3.63) is 70.7 Å². The predicted molar refractivity (Wildman–Crippen MR) is 136 cm³/mol.